The lowest BCUT2D eigenvalue weighted by Gasteiger charge is -2.11. The Morgan fingerprint density at radius 2 is 0.955 bits per heavy atom. The van der Waals surface area contributed by atoms with Gasteiger partial charge in [-0.3, -0.25) is 0 Å². The summed E-state index contributed by atoms with van der Waals surface area (Å²) in [5, 5.41) is 6.28. The Morgan fingerprint density at radius 3 is 1.68 bits per heavy atom. The maximum atomic E-state index is 2.40. The molecule has 2 heteroatoms. The molecule has 0 saturated heterocycles. The Morgan fingerprint density at radius 1 is 0.386 bits per heavy atom. The van der Waals surface area contributed by atoms with E-state index >= 15 is 0 Å². The van der Waals surface area contributed by atoms with Crippen LogP contribution < -0.4 is 10.6 Å². The molecule has 0 N–H and O–H groups in total. The van der Waals surface area contributed by atoms with E-state index < -0.39 is 0 Å². The van der Waals surface area contributed by atoms with Gasteiger partial charge in [0.2, 0.25) is 0 Å². The summed E-state index contributed by atoms with van der Waals surface area (Å²) < 4.78 is 4.77. The Bertz CT molecular complexity index is 2440. The van der Waals surface area contributed by atoms with Gasteiger partial charge >= 0.3 is 0 Å². The number of hydrogen-bond acceptors (Lipinski definition) is 0. The summed E-state index contributed by atoms with van der Waals surface area (Å²) in [5.41, 5.74) is 10.9. The number of fused-ring (bicyclic) bond motifs is 4. The molecule has 0 aliphatic heterocycles. The van der Waals surface area contributed by atoms with Crippen molar-refractivity contribution < 1.29 is 0 Å². The molecule has 0 radical (unpaired) electrons. The van der Waals surface area contributed by atoms with Gasteiger partial charge < -0.3 is 9.13 Å². The van der Waals surface area contributed by atoms with Crippen LogP contribution in [0.5, 0.6) is 0 Å². The van der Waals surface area contributed by atoms with Crippen molar-refractivity contribution in [1.82, 2.24) is 9.13 Å². The second kappa shape index (κ2) is 10.6. The molecule has 6 aromatic carbocycles. The first-order chi connectivity index (χ1) is 21.7. The van der Waals surface area contributed by atoms with Gasteiger partial charge in [0, 0.05) is 38.1 Å². The van der Waals surface area contributed by atoms with E-state index in [9.17, 15) is 0 Å². The number of benzene rings is 6. The molecule has 44 heavy (non-hydrogen) atoms. The lowest BCUT2D eigenvalue weighted by atomic mass is 10.0. The first-order valence-electron chi connectivity index (χ1n) is 15.3. The fourth-order valence-corrected chi connectivity index (χ4v) is 6.84. The van der Waals surface area contributed by atoms with Crippen LogP contribution in [-0.4, -0.2) is 9.13 Å². The third-order valence-corrected chi connectivity index (χ3v) is 8.84. The summed E-state index contributed by atoms with van der Waals surface area (Å²) in [7, 11) is 0. The zero-order valence-electron chi connectivity index (χ0n) is 24.9. The van der Waals surface area contributed by atoms with Gasteiger partial charge in [0.1, 0.15) is 0 Å². The molecule has 0 spiro atoms. The molecule has 2 aromatic heterocycles. The predicted molar refractivity (Wildman–Crippen MR) is 188 cm³/mol. The molecular formula is C42H32N2. The molecule has 0 saturated carbocycles. The van der Waals surface area contributed by atoms with Crippen molar-refractivity contribution in [3.05, 3.63) is 156 Å². The van der Waals surface area contributed by atoms with Crippen molar-refractivity contribution in [3.8, 4) is 33.6 Å². The first kappa shape index (κ1) is 26.1. The summed E-state index contributed by atoms with van der Waals surface area (Å²) in [6.07, 6.45) is 4.46. The largest absolute Gasteiger partial charge is 0.310 e. The predicted octanol–water partition coefficient (Wildman–Crippen LogP) is 9.66. The molecule has 0 aliphatic rings. The van der Waals surface area contributed by atoms with Crippen LogP contribution in [0, 0.1) is 0 Å². The Labute approximate surface area is 257 Å². The van der Waals surface area contributed by atoms with Gasteiger partial charge in [0.15, 0.2) is 0 Å². The molecule has 2 heterocycles. The molecule has 210 valence electrons. The average Bonchev–Trinajstić information content (AvgIpc) is 3.60. The van der Waals surface area contributed by atoms with E-state index in [1.54, 1.807) is 0 Å². The quantitative estimate of drug-likeness (QED) is 0.201. The van der Waals surface area contributed by atoms with E-state index in [0.717, 1.165) is 0 Å². The molecule has 0 aliphatic carbocycles. The minimum Gasteiger partial charge on any atom is -0.310 e. The summed E-state index contributed by atoms with van der Waals surface area (Å²) in [6, 6.07) is 52.7. The van der Waals surface area contributed by atoms with Crippen LogP contribution in [0.25, 0.3) is 78.5 Å². The molecule has 8 rings (SSSR count). The zero-order chi connectivity index (χ0) is 29.6. The topological polar surface area (TPSA) is 9.86 Å². The number of rotatable bonds is 4. The second-order valence-electron chi connectivity index (χ2n) is 11.3. The summed E-state index contributed by atoms with van der Waals surface area (Å²) in [5.74, 6) is 0. The fourth-order valence-electron chi connectivity index (χ4n) is 6.84. The lowest BCUT2D eigenvalue weighted by molar-refractivity contribution is 1.07. The molecule has 0 bridgehead atoms. The Hall–Kier alpha value is -5.60. The molecule has 2 nitrogen and oxygen atoms in total. The third-order valence-electron chi connectivity index (χ3n) is 8.84. The summed E-state index contributed by atoms with van der Waals surface area (Å²) in [4.78, 5) is 0. The van der Waals surface area contributed by atoms with Gasteiger partial charge in [-0.25, -0.2) is 0 Å². The molecule has 0 atom stereocenters. The monoisotopic (exact) mass is 564 g/mol. The zero-order valence-corrected chi connectivity index (χ0v) is 24.9. The Kier molecular flexibility index (Phi) is 6.27. The fraction of sp³-hybridized carbons (Fsp3) is 0.0476. The minimum absolute atomic E-state index is 1.17. The van der Waals surface area contributed by atoms with Crippen molar-refractivity contribution >= 4 is 44.9 Å². The third kappa shape index (κ3) is 4.11. The van der Waals surface area contributed by atoms with Crippen LogP contribution in [0.2, 0.25) is 0 Å². The van der Waals surface area contributed by atoms with Crippen molar-refractivity contribution in [2.45, 2.75) is 13.8 Å². The van der Waals surface area contributed by atoms with Gasteiger partial charge in [-0.05, 0) is 90.7 Å². The van der Waals surface area contributed by atoms with Crippen LogP contribution in [0.3, 0.4) is 0 Å². The van der Waals surface area contributed by atoms with Crippen LogP contribution in [0.1, 0.15) is 13.8 Å². The normalized spacial score (nSPS) is 12.6. The smallest absolute Gasteiger partial charge is 0.0541 e. The van der Waals surface area contributed by atoms with Crippen molar-refractivity contribution in [1.29, 1.82) is 0 Å². The molecule has 0 amide bonds. The summed E-state index contributed by atoms with van der Waals surface area (Å²) in [6.45, 7) is 4.26. The molecule has 0 unspecified atom stereocenters. The average molecular weight is 565 g/mol. The van der Waals surface area contributed by atoms with Crippen LogP contribution in [0.4, 0.5) is 0 Å². The number of aromatic nitrogens is 2. The summed E-state index contributed by atoms with van der Waals surface area (Å²) >= 11 is 0. The molecule has 0 fully saturated rings. The van der Waals surface area contributed by atoms with Gasteiger partial charge in [0.25, 0.3) is 0 Å². The maximum Gasteiger partial charge on any atom is 0.0541 e. The minimum atomic E-state index is 1.17. The van der Waals surface area contributed by atoms with Gasteiger partial charge in [-0.1, -0.05) is 103 Å². The number of nitrogens with zero attached hydrogens (tertiary/aromatic N) is 2. The van der Waals surface area contributed by atoms with E-state index in [-0.39, 0.29) is 0 Å². The standard InChI is InChI=1S/C42H32N2/c1-3-35-37-27-31(22-24-41(37)43(39(35)4-2)33-17-9-6-10-18-33)32-23-25-42-38(28-32)36-20-11-12-21-40(36)44(42)34-19-13-16-30(26-34)29-14-7-5-8-15-29/h3-28H,1-2H3/b35-3-,39-4+. The van der Waals surface area contributed by atoms with E-state index in [2.05, 4.69) is 181 Å². The van der Waals surface area contributed by atoms with Gasteiger partial charge in [-0.2, -0.15) is 0 Å². The van der Waals surface area contributed by atoms with Crippen molar-refractivity contribution in [2.24, 2.45) is 0 Å². The molecule has 8 aromatic rings. The van der Waals surface area contributed by atoms with E-state index in [4.69, 9.17) is 0 Å². The highest BCUT2D eigenvalue weighted by Gasteiger charge is 2.15. The van der Waals surface area contributed by atoms with Crippen LogP contribution in [0.15, 0.2) is 146 Å². The van der Waals surface area contributed by atoms with Crippen LogP contribution in [-0.2, 0) is 0 Å². The van der Waals surface area contributed by atoms with E-state index in [0.29, 0.717) is 0 Å². The van der Waals surface area contributed by atoms with Crippen molar-refractivity contribution in [3.63, 3.8) is 0 Å². The second-order valence-corrected chi connectivity index (χ2v) is 11.3. The maximum absolute atomic E-state index is 2.40. The SMILES string of the molecule is C/C=c1\c(=C/C)n(-c2ccccc2)c2ccc(-c3ccc4c(c3)c3ccccc3n4-c3cccc(-c4ccccc4)c3)cc12. The van der Waals surface area contributed by atoms with E-state index in [1.807, 2.05) is 0 Å². The van der Waals surface area contributed by atoms with E-state index in [1.165, 1.54) is 76.9 Å². The van der Waals surface area contributed by atoms with Crippen molar-refractivity contribution in [2.75, 3.05) is 0 Å². The van der Waals surface area contributed by atoms with Gasteiger partial charge in [0.05, 0.1) is 16.6 Å². The van der Waals surface area contributed by atoms with Crippen LogP contribution >= 0.6 is 0 Å². The van der Waals surface area contributed by atoms with Gasteiger partial charge in [-0.15, -0.1) is 0 Å². The number of para-hydroxylation sites is 2. The Balaban J connectivity index is 1.32. The molecular weight excluding hydrogens is 532 g/mol. The number of hydrogen-bond donors (Lipinski definition) is 0. The first-order valence-corrected chi connectivity index (χ1v) is 15.3. The highest BCUT2D eigenvalue weighted by atomic mass is 15.0. The highest BCUT2D eigenvalue weighted by Crippen LogP contribution is 2.36. The lowest BCUT2D eigenvalue weighted by Crippen LogP contribution is -2.27. The highest BCUT2D eigenvalue weighted by molar-refractivity contribution is 6.10.